The van der Waals surface area contributed by atoms with Gasteiger partial charge in [-0.15, -0.1) is 11.3 Å². The fraction of sp³-hybridized carbons (Fsp3) is 0.700. The minimum atomic E-state index is -0.367. The molecule has 1 N–H and O–H groups in total. The van der Waals surface area contributed by atoms with E-state index in [1.807, 2.05) is 12.3 Å². The zero-order valence-corrected chi connectivity index (χ0v) is 9.27. The Morgan fingerprint density at radius 2 is 2.31 bits per heavy atom. The molecule has 1 rings (SSSR count). The topological polar surface area (TPSA) is 33.1 Å². The zero-order chi connectivity index (χ0) is 9.84. The Kier molecular flexibility index (Phi) is 3.88. The minimum absolute atomic E-state index is 0.367. The number of rotatable bonds is 4. The molecule has 0 aliphatic carbocycles. The molecule has 2 atom stereocenters. The molecule has 2 unspecified atom stereocenters. The maximum Gasteiger partial charge on any atom is 0.121 e. The highest BCUT2D eigenvalue weighted by Gasteiger charge is 2.13. The maximum absolute atomic E-state index is 9.78. The second-order valence-electron chi connectivity index (χ2n) is 3.59. The van der Waals surface area contributed by atoms with Crippen LogP contribution < -0.4 is 0 Å². The molecule has 0 radical (unpaired) electrons. The highest BCUT2D eigenvalue weighted by atomic mass is 32.1. The van der Waals surface area contributed by atoms with Gasteiger partial charge in [0.1, 0.15) is 11.1 Å². The van der Waals surface area contributed by atoms with Gasteiger partial charge in [0.2, 0.25) is 0 Å². The van der Waals surface area contributed by atoms with Crippen molar-refractivity contribution in [3.05, 3.63) is 16.1 Å². The molecule has 2 nitrogen and oxygen atoms in total. The Morgan fingerprint density at radius 3 is 2.77 bits per heavy atom. The molecule has 13 heavy (non-hydrogen) atoms. The molecule has 0 aliphatic heterocycles. The van der Waals surface area contributed by atoms with Crippen LogP contribution in [0.2, 0.25) is 0 Å². The van der Waals surface area contributed by atoms with Gasteiger partial charge in [-0.3, -0.25) is 0 Å². The van der Waals surface area contributed by atoms with Crippen molar-refractivity contribution in [2.75, 3.05) is 0 Å². The van der Waals surface area contributed by atoms with Crippen LogP contribution in [0.25, 0.3) is 0 Å². The summed E-state index contributed by atoms with van der Waals surface area (Å²) in [4.78, 5) is 4.27. The molecule has 0 bridgehead atoms. The van der Waals surface area contributed by atoms with E-state index >= 15 is 0 Å². The van der Waals surface area contributed by atoms with Crippen molar-refractivity contribution in [1.82, 2.24) is 4.98 Å². The van der Waals surface area contributed by atoms with Gasteiger partial charge >= 0.3 is 0 Å². The van der Waals surface area contributed by atoms with Crippen molar-refractivity contribution in [2.24, 2.45) is 5.92 Å². The third kappa shape index (κ3) is 3.08. The summed E-state index contributed by atoms with van der Waals surface area (Å²) in [5.41, 5.74) is 1.00. The van der Waals surface area contributed by atoms with Crippen molar-refractivity contribution in [3.63, 3.8) is 0 Å². The predicted octanol–water partition coefficient (Wildman–Crippen LogP) is 2.92. The average molecular weight is 199 g/mol. The van der Waals surface area contributed by atoms with Gasteiger partial charge in [0, 0.05) is 11.1 Å². The number of aliphatic hydroxyl groups is 1. The minimum Gasteiger partial charge on any atom is -0.386 e. The summed E-state index contributed by atoms with van der Waals surface area (Å²) in [7, 11) is 0. The lowest BCUT2D eigenvalue weighted by Gasteiger charge is -2.12. The van der Waals surface area contributed by atoms with Gasteiger partial charge < -0.3 is 5.11 Å². The lowest BCUT2D eigenvalue weighted by Crippen LogP contribution is -2.03. The van der Waals surface area contributed by atoms with Crippen LogP contribution in [-0.4, -0.2) is 10.1 Å². The van der Waals surface area contributed by atoms with E-state index in [2.05, 4.69) is 18.8 Å². The summed E-state index contributed by atoms with van der Waals surface area (Å²) in [6, 6.07) is 0. The van der Waals surface area contributed by atoms with Crippen LogP contribution >= 0.6 is 11.3 Å². The number of aryl methyl sites for hydroxylation is 1. The Balaban J connectivity index is 2.53. The van der Waals surface area contributed by atoms with E-state index in [1.165, 1.54) is 0 Å². The SMILES string of the molecule is CCC(C)CC(O)c1nc(C)cs1. The first kappa shape index (κ1) is 10.7. The second-order valence-corrected chi connectivity index (χ2v) is 4.48. The Labute approximate surface area is 83.6 Å². The van der Waals surface area contributed by atoms with Crippen LogP contribution in [0, 0.1) is 12.8 Å². The van der Waals surface area contributed by atoms with E-state index in [-0.39, 0.29) is 6.10 Å². The molecule has 74 valence electrons. The van der Waals surface area contributed by atoms with Gasteiger partial charge in [-0.05, 0) is 19.3 Å². The molecule has 3 heteroatoms. The number of thiazole rings is 1. The van der Waals surface area contributed by atoms with Crippen LogP contribution in [0.15, 0.2) is 5.38 Å². The molecule has 0 saturated carbocycles. The molecule has 0 aromatic carbocycles. The molecule has 1 aromatic rings. The molecule has 0 amide bonds. The van der Waals surface area contributed by atoms with Crippen LogP contribution in [0.1, 0.15) is 43.5 Å². The van der Waals surface area contributed by atoms with Crippen molar-refractivity contribution in [2.45, 2.75) is 39.7 Å². The van der Waals surface area contributed by atoms with Gasteiger partial charge in [0.25, 0.3) is 0 Å². The molecule has 0 fully saturated rings. The molecule has 0 spiro atoms. The predicted molar refractivity (Wildman–Crippen MR) is 55.9 cm³/mol. The Hall–Kier alpha value is -0.410. The van der Waals surface area contributed by atoms with Crippen LogP contribution in [0.4, 0.5) is 0 Å². The summed E-state index contributed by atoms with van der Waals surface area (Å²) < 4.78 is 0. The summed E-state index contributed by atoms with van der Waals surface area (Å²) in [6.45, 7) is 6.25. The second kappa shape index (κ2) is 4.72. The Bertz CT molecular complexity index is 259. The van der Waals surface area contributed by atoms with Crippen molar-refractivity contribution in [1.29, 1.82) is 0 Å². The largest absolute Gasteiger partial charge is 0.386 e. The zero-order valence-electron chi connectivity index (χ0n) is 8.45. The number of aliphatic hydroxyl groups excluding tert-OH is 1. The maximum atomic E-state index is 9.78. The van der Waals surface area contributed by atoms with E-state index in [0.29, 0.717) is 5.92 Å². The first-order valence-corrected chi connectivity index (χ1v) is 5.61. The van der Waals surface area contributed by atoms with E-state index in [0.717, 1.165) is 23.5 Å². The fourth-order valence-corrected chi connectivity index (χ4v) is 1.97. The number of aromatic nitrogens is 1. The molecular formula is C10H17NOS. The fourth-order valence-electron chi connectivity index (χ4n) is 1.17. The van der Waals surface area contributed by atoms with Gasteiger partial charge in [-0.25, -0.2) is 4.98 Å². The van der Waals surface area contributed by atoms with Gasteiger partial charge in [0.15, 0.2) is 0 Å². The number of nitrogens with zero attached hydrogens (tertiary/aromatic N) is 1. The number of hydrogen-bond acceptors (Lipinski definition) is 3. The molecule has 1 aromatic heterocycles. The summed E-state index contributed by atoms with van der Waals surface area (Å²) in [5, 5.41) is 12.6. The third-order valence-corrected chi connectivity index (χ3v) is 3.31. The third-order valence-electron chi connectivity index (χ3n) is 2.24. The van der Waals surface area contributed by atoms with E-state index in [1.54, 1.807) is 11.3 Å². The summed E-state index contributed by atoms with van der Waals surface area (Å²) >= 11 is 1.55. The molecule has 1 heterocycles. The molecular weight excluding hydrogens is 182 g/mol. The summed E-state index contributed by atoms with van der Waals surface area (Å²) in [6.07, 6.45) is 1.57. The molecule has 0 aliphatic rings. The lowest BCUT2D eigenvalue weighted by molar-refractivity contribution is 0.146. The van der Waals surface area contributed by atoms with E-state index in [9.17, 15) is 5.11 Å². The van der Waals surface area contributed by atoms with Gasteiger partial charge in [-0.1, -0.05) is 20.3 Å². The van der Waals surface area contributed by atoms with Crippen LogP contribution in [-0.2, 0) is 0 Å². The summed E-state index contributed by atoms with van der Waals surface area (Å²) in [5.74, 6) is 0.569. The molecule has 0 saturated heterocycles. The van der Waals surface area contributed by atoms with Crippen LogP contribution in [0.5, 0.6) is 0 Å². The quantitative estimate of drug-likeness (QED) is 0.808. The van der Waals surface area contributed by atoms with Crippen molar-refractivity contribution < 1.29 is 5.11 Å². The van der Waals surface area contributed by atoms with E-state index in [4.69, 9.17) is 0 Å². The number of hydrogen-bond donors (Lipinski definition) is 1. The lowest BCUT2D eigenvalue weighted by atomic mass is 10.0. The standard InChI is InChI=1S/C10H17NOS/c1-4-7(2)5-9(12)10-11-8(3)6-13-10/h6-7,9,12H,4-5H2,1-3H3. The van der Waals surface area contributed by atoms with Gasteiger partial charge in [0.05, 0.1) is 0 Å². The Morgan fingerprint density at radius 1 is 1.62 bits per heavy atom. The van der Waals surface area contributed by atoms with E-state index < -0.39 is 0 Å². The van der Waals surface area contributed by atoms with Crippen molar-refractivity contribution >= 4 is 11.3 Å². The van der Waals surface area contributed by atoms with Gasteiger partial charge in [-0.2, -0.15) is 0 Å². The average Bonchev–Trinajstić information content (AvgIpc) is 2.51. The first-order chi connectivity index (χ1) is 6.13. The first-order valence-electron chi connectivity index (χ1n) is 4.73. The highest BCUT2D eigenvalue weighted by molar-refractivity contribution is 7.09. The highest BCUT2D eigenvalue weighted by Crippen LogP contribution is 2.25. The smallest absolute Gasteiger partial charge is 0.121 e. The normalized spacial score (nSPS) is 15.7. The van der Waals surface area contributed by atoms with Crippen LogP contribution in [0.3, 0.4) is 0 Å². The monoisotopic (exact) mass is 199 g/mol. The van der Waals surface area contributed by atoms with Crippen molar-refractivity contribution in [3.8, 4) is 0 Å².